The number of sulfone groups is 1. The third-order valence-electron chi connectivity index (χ3n) is 5.47. The first-order valence-corrected chi connectivity index (χ1v) is 12.4. The molecule has 4 aromatic rings. The standard InChI is InChI=1S/C26H25N3O4S/c1-18-8-3-4-9-20(18)17-34(32,33)25-15-29(24-13-6-5-12-23(24)25)16-26(31)28-22-11-7-10-21(14-22)27-19(2)30/h3-15H,16-17H2,1-2H3,(H,27,30)(H,28,31). The quantitative estimate of drug-likeness (QED) is 0.411. The number of rotatable bonds is 7. The lowest BCUT2D eigenvalue weighted by Crippen LogP contribution is -2.18. The molecule has 0 saturated heterocycles. The minimum absolute atomic E-state index is 0.0647. The number of amides is 2. The number of hydrogen-bond donors (Lipinski definition) is 2. The van der Waals surface area contributed by atoms with Crippen molar-refractivity contribution in [3.05, 3.63) is 90.1 Å². The molecule has 1 heterocycles. The third kappa shape index (κ3) is 5.18. The molecule has 0 saturated carbocycles. The van der Waals surface area contributed by atoms with Crippen LogP contribution in [0.3, 0.4) is 0 Å². The molecule has 4 rings (SSSR count). The summed E-state index contributed by atoms with van der Waals surface area (Å²) < 4.78 is 28.3. The number of aryl methyl sites for hydroxylation is 1. The Kier molecular flexibility index (Phi) is 6.51. The number of hydrogen-bond acceptors (Lipinski definition) is 4. The first-order chi connectivity index (χ1) is 16.2. The van der Waals surface area contributed by atoms with E-state index in [9.17, 15) is 18.0 Å². The molecule has 174 valence electrons. The zero-order chi connectivity index (χ0) is 24.3. The summed E-state index contributed by atoms with van der Waals surface area (Å²) in [5.41, 5.74) is 3.42. The van der Waals surface area contributed by atoms with Crippen molar-refractivity contribution in [2.45, 2.75) is 31.0 Å². The van der Waals surface area contributed by atoms with Crippen molar-refractivity contribution in [2.24, 2.45) is 0 Å². The molecule has 0 aliphatic carbocycles. The fraction of sp³-hybridized carbons (Fsp3) is 0.154. The van der Waals surface area contributed by atoms with Crippen LogP contribution in [0.15, 0.2) is 83.9 Å². The van der Waals surface area contributed by atoms with Gasteiger partial charge in [0.05, 0.1) is 10.6 Å². The average Bonchev–Trinajstić information content (AvgIpc) is 3.14. The average molecular weight is 476 g/mol. The number of benzene rings is 3. The van der Waals surface area contributed by atoms with Crippen LogP contribution in [0, 0.1) is 6.92 Å². The van der Waals surface area contributed by atoms with Gasteiger partial charge in [-0.1, -0.05) is 48.5 Å². The molecule has 2 amide bonds. The lowest BCUT2D eigenvalue weighted by atomic mass is 10.1. The van der Waals surface area contributed by atoms with Gasteiger partial charge < -0.3 is 15.2 Å². The van der Waals surface area contributed by atoms with E-state index >= 15 is 0 Å². The molecule has 2 N–H and O–H groups in total. The molecule has 0 radical (unpaired) electrons. The Balaban J connectivity index is 1.60. The van der Waals surface area contributed by atoms with Crippen molar-refractivity contribution in [3.63, 3.8) is 0 Å². The molecule has 0 atom stereocenters. The van der Waals surface area contributed by atoms with Crippen LogP contribution in [0.4, 0.5) is 11.4 Å². The molecule has 0 unspecified atom stereocenters. The Morgan fingerprint density at radius 2 is 1.56 bits per heavy atom. The summed E-state index contributed by atoms with van der Waals surface area (Å²) in [5, 5.41) is 6.06. The van der Waals surface area contributed by atoms with Crippen LogP contribution < -0.4 is 10.6 Å². The predicted octanol–water partition coefficient (Wildman–Crippen LogP) is 4.52. The first kappa shape index (κ1) is 23.3. The minimum Gasteiger partial charge on any atom is -0.337 e. The zero-order valence-electron chi connectivity index (χ0n) is 18.9. The maximum absolute atomic E-state index is 13.3. The highest BCUT2D eigenvalue weighted by molar-refractivity contribution is 7.90. The molecule has 1 aromatic heterocycles. The van der Waals surface area contributed by atoms with Gasteiger partial charge >= 0.3 is 0 Å². The summed E-state index contributed by atoms with van der Waals surface area (Å²) >= 11 is 0. The second-order valence-electron chi connectivity index (χ2n) is 8.13. The summed E-state index contributed by atoms with van der Waals surface area (Å²) in [6.45, 7) is 3.23. The molecular weight excluding hydrogens is 450 g/mol. The van der Waals surface area contributed by atoms with Gasteiger partial charge in [0.1, 0.15) is 6.54 Å². The number of carbonyl (C=O) groups is 2. The van der Waals surface area contributed by atoms with E-state index in [1.165, 1.54) is 13.1 Å². The minimum atomic E-state index is -3.65. The van der Waals surface area contributed by atoms with Crippen LogP contribution in [0.2, 0.25) is 0 Å². The second-order valence-corrected chi connectivity index (χ2v) is 10.1. The number of aromatic nitrogens is 1. The predicted molar refractivity (Wildman–Crippen MR) is 133 cm³/mol. The summed E-state index contributed by atoms with van der Waals surface area (Å²) in [4.78, 5) is 24.3. The molecule has 0 fully saturated rings. The van der Waals surface area contributed by atoms with Crippen molar-refractivity contribution in [1.82, 2.24) is 4.57 Å². The number of nitrogens with zero attached hydrogens (tertiary/aromatic N) is 1. The molecule has 34 heavy (non-hydrogen) atoms. The monoisotopic (exact) mass is 475 g/mol. The largest absolute Gasteiger partial charge is 0.337 e. The SMILES string of the molecule is CC(=O)Nc1cccc(NC(=O)Cn2cc(S(=O)(=O)Cc3ccccc3C)c3ccccc32)c1. The lowest BCUT2D eigenvalue weighted by Gasteiger charge is -2.09. The molecule has 0 spiro atoms. The maximum Gasteiger partial charge on any atom is 0.244 e. The Morgan fingerprint density at radius 3 is 2.29 bits per heavy atom. The Bertz CT molecular complexity index is 1490. The van der Waals surface area contributed by atoms with Crippen molar-refractivity contribution >= 4 is 43.9 Å². The van der Waals surface area contributed by atoms with Gasteiger partial charge in [-0.05, 0) is 42.3 Å². The first-order valence-electron chi connectivity index (χ1n) is 10.8. The third-order valence-corrected chi connectivity index (χ3v) is 7.16. The number of para-hydroxylation sites is 1. The normalized spacial score (nSPS) is 11.4. The number of fused-ring (bicyclic) bond motifs is 1. The van der Waals surface area contributed by atoms with Gasteiger partial charge in [0, 0.05) is 35.4 Å². The Labute approximate surface area is 198 Å². The number of anilines is 2. The van der Waals surface area contributed by atoms with E-state index in [1.807, 2.05) is 37.3 Å². The van der Waals surface area contributed by atoms with Gasteiger partial charge in [0.25, 0.3) is 0 Å². The highest BCUT2D eigenvalue weighted by Crippen LogP contribution is 2.29. The molecule has 0 bridgehead atoms. The van der Waals surface area contributed by atoms with Gasteiger partial charge in [-0.25, -0.2) is 8.42 Å². The highest BCUT2D eigenvalue weighted by atomic mass is 32.2. The summed E-state index contributed by atoms with van der Waals surface area (Å²) in [5.74, 6) is -0.638. The van der Waals surface area contributed by atoms with E-state index in [2.05, 4.69) is 10.6 Å². The Morgan fingerprint density at radius 1 is 0.882 bits per heavy atom. The van der Waals surface area contributed by atoms with Crippen LogP contribution in [0.5, 0.6) is 0 Å². The summed E-state index contributed by atoms with van der Waals surface area (Å²) in [6.07, 6.45) is 1.53. The van der Waals surface area contributed by atoms with E-state index in [4.69, 9.17) is 0 Å². The molecule has 0 aliphatic rings. The van der Waals surface area contributed by atoms with Gasteiger partial charge in [0.2, 0.25) is 11.8 Å². The van der Waals surface area contributed by atoms with Crippen LogP contribution in [-0.2, 0) is 31.7 Å². The van der Waals surface area contributed by atoms with E-state index in [0.29, 0.717) is 22.3 Å². The number of carbonyl (C=O) groups excluding carboxylic acids is 2. The van der Waals surface area contributed by atoms with E-state index in [-0.39, 0.29) is 29.0 Å². The molecule has 0 aliphatic heterocycles. The van der Waals surface area contributed by atoms with E-state index in [0.717, 1.165) is 11.1 Å². The van der Waals surface area contributed by atoms with Crippen LogP contribution in [-0.4, -0.2) is 24.8 Å². The van der Waals surface area contributed by atoms with Gasteiger partial charge in [0.15, 0.2) is 9.84 Å². The molecule has 7 nitrogen and oxygen atoms in total. The van der Waals surface area contributed by atoms with Crippen molar-refractivity contribution in [3.8, 4) is 0 Å². The molecule has 3 aromatic carbocycles. The van der Waals surface area contributed by atoms with Crippen molar-refractivity contribution in [1.29, 1.82) is 0 Å². The molecule has 8 heteroatoms. The van der Waals surface area contributed by atoms with Gasteiger partial charge in [-0.15, -0.1) is 0 Å². The zero-order valence-corrected chi connectivity index (χ0v) is 19.7. The summed E-state index contributed by atoms with van der Waals surface area (Å²) in [7, 11) is -3.65. The highest BCUT2D eigenvalue weighted by Gasteiger charge is 2.23. The fourth-order valence-corrected chi connectivity index (χ4v) is 5.56. The lowest BCUT2D eigenvalue weighted by molar-refractivity contribution is -0.116. The van der Waals surface area contributed by atoms with Crippen molar-refractivity contribution in [2.75, 3.05) is 10.6 Å². The van der Waals surface area contributed by atoms with Gasteiger partial charge in [-0.3, -0.25) is 9.59 Å². The Hall–Kier alpha value is -3.91. The fourth-order valence-electron chi connectivity index (χ4n) is 3.88. The van der Waals surface area contributed by atoms with Crippen LogP contribution in [0.25, 0.3) is 10.9 Å². The summed E-state index contributed by atoms with van der Waals surface area (Å²) in [6, 6.07) is 21.4. The maximum atomic E-state index is 13.3. The molecular formula is C26H25N3O4S. The number of nitrogens with one attached hydrogen (secondary N) is 2. The van der Waals surface area contributed by atoms with E-state index in [1.54, 1.807) is 47.0 Å². The van der Waals surface area contributed by atoms with Crippen LogP contribution in [0.1, 0.15) is 18.1 Å². The van der Waals surface area contributed by atoms with Crippen LogP contribution >= 0.6 is 0 Å². The van der Waals surface area contributed by atoms with Gasteiger partial charge in [-0.2, -0.15) is 0 Å². The smallest absolute Gasteiger partial charge is 0.244 e. The second kappa shape index (κ2) is 9.52. The van der Waals surface area contributed by atoms with Crippen molar-refractivity contribution < 1.29 is 18.0 Å². The van der Waals surface area contributed by atoms with E-state index < -0.39 is 9.84 Å². The topological polar surface area (TPSA) is 97.3 Å².